The van der Waals surface area contributed by atoms with E-state index < -0.39 is 11.6 Å². The van der Waals surface area contributed by atoms with E-state index in [1.807, 2.05) is 48.5 Å². The van der Waals surface area contributed by atoms with Crippen LogP contribution in [0.25, 0.3) is 0 Å². The molecule has 1 aromatic heterocycles. The van der Waals surface area contributed by atoms with Gasteiger partial charge >= 0.3 is 6.09 Å². The Morgan fingerprint density at radius 1 is 1.04 bits per heavy atom. The lowest BCUT2D eigenvalue weighted by Gasteiger charge is -2.39. The topological polar surface area (TPSA) is 74.8 Å². The van der Waals surface area contributed by atoms with Crippen LogP contribution in [-0.4, -0.2) is 53.6 Å². The summed E-state index contributed by atoms with van der Waals surface area (Å²) < 4.78 is 5.24. The molecule has 0 radical (unpaired) electrons. The summed E-state index contributed by atoms with van der Waals surface area (Å²) in [5.74, 6) is 0.793. The monoisotopic (exact) mass is 382 g/mol. The van der Waals surface area contributed by atoms with E-state index in [0.29, 0.717) is 26.2 Å². The summed E-state index contributed by atoms with van der Waals surface area (Å²) in [6, 6.07) is 15.2. The zero-order valence-electron chi connectivity index (χ0n) is 16.3. The molecule has 1 aliphatic rings. The second kappa shape index (κ2) is 8.73. The first-order valence-corrected chi connectivity index (χ1v) is 9.40. The molecule has 7 heteroatoms. The van der Waals surface area contributed by atoms with Gasteiger partial charge in [-0.2, -0.15) is 0 Å². The summed E-state index contributed by atoms with van der Waals surface area (Å²) in [6.45, 7) is 6.14. The van der Waals surface area contributed by atoms with Gasteiger partial charge in [-0.15, -0.1) is 0 Å². The normalized spacial score (nSPS) is 14.5. The summed E-state index contributed by atoms with van der Waals surface area (Å²) in [6.07, 6.45) is 1.16. The largest absolute Gasteiger partial charge is 0.445 e. The Morgan fingerprint density at radius 2 is 1.71 bits per heavy atom. The molecule has 0 unspecified atom stereocenters. The first-order valence-electron chi connectivity index (χ1n) is 9.40. The van der Waals surface area contributed by atoms with E-state index >= 15 is 0 Å². The van der Waals surface area contributed by atoms with Crippen molar-refractivity contribution in [3.63, 3.8) is 0 Å². The Labute approximate surface area is 165 Å². The van der Waals surface area contributed by atoms with Gasteiger partial charge in [-0.05, 0) is 31.5 Å². The molecule has 0 spiro atoms. The molecular weight excluding hydrogens is 356 g/mol. The predicted molar refractivity (Wildman–Crippen MR) is 107 cm³/mol. The number of nitrogens with zero attached hydrogens (tertiary/aromatic N) is 3. The summed E-state index contributed by atoms with van der Waals surface area (Å²) in [5, 5.41) is 2.69. The fourth-order valence-corrected chi connectivity index (χ4v) is 3.14. The number of anilines is 1. The molecule has 2 aromatic rings. The lowest BCUT2D eigenvalue weighted by atomic mass is 10.0. The minimum Gasteiger partial charge on any atom is -0.445 e. The Hall–Kier alpha value is -3.09. The van der Waals surface area contributed by atoms with E-state index in [9.17, 15) is 9.59 Å². The molecule has 0 aliphatic carbocycles. The van der Waals surface area contributed by atoms with Crippen molar-refractivity contribution in [2.75, 3.05) is 31.1 Å². The number of benzene rings is 1. The number of ether oxygens (including phenoxy) is 1. The second-order valence-electron chi connectivity index (χ2n) is 7.28. The van der Waals surface area contributed by atoms with Crippen LogP contribution in [-0.2, 0) is 16.1 Å². The molecular formula is C21H26N4O3. The number of pyridine rings is 1. The van der Waals surface area contributed by atoms with Gasteiger partial charge in [0, 0.05) is 32.4 Å². The molecule has 3 rings (SSSR count). The average Bonchev–Trinajstić information content (AvgIpc) is 2.73. The number of nitrogens with one attached hydrogen (secondary N) is 1. The van der Waals surface area contributed by atoms with Crippen molar-refractivity contribution in [1.82, 2.24) is 15.2 Å². The summed E-state index contributed by atoms with van der Waals surface area (Å²) in [4.78, 5) is 33.3. The van der Waals surface area contributed by atoms with E-state index in [2.05, 4.69) is 15.2 Å². The van der Waals surface area contributed by atoms with Crippen LogP contribution in [0.2, 0.25) is 0 Å². The van der Waals surface area contributed by atoms with Gasteiger partial charge in [-0.25, -0.2) is 9.78 Å². The maximum Gasteiger partial charge on any atom is 0.408 e. The van der Waals surface area contributed by atoms with E-state index in [1.54, 1.807) is 24.9 Å². The number of rotatable bonds is 5. The Kier molecular flexibility index (Phi) is 6.13. The highest BCUT2D eigenvalue weighted by Crippen LogP contribution is 2.16. The molecule has 0 saturated carbocycles. The molecule has 1 aliphatic heterocycles. The van der Waals surface area contributed by atoms with Crippen LogP contribution in [0.1, 0.15) is 19.4 Å². The fourth-order valence-electron chi connectivity index (χ4n) is 3.14. The lowest BCUT2D eigenvalue weighted by molar-refractivity contribution is -0.137. The molecule has 7 nitrogen and oxygen atoms in total. The maximum absolute atomic E-state index is 12.9. The van der Waals surface area contributed by atoms with Crippen molar-refractivity contribution < 1.29 is 14.3 Å². The highest BCUT2D eigenvalue weighted by molar-refractivity contribution is 5.89. The van der Waals surface area contributed by atoms with Gasteiger partial charge in [0.1, 0.15) is 18.0 Å². The van der Waals surface area contributed by atoms with Gasteiger partial charge in [0.25, 0.3) is 0 Å². The van der Waals surface area contributed by atoms with Crippen molar-refractivity contribution in [3.8, 4) is 0 Å². The molecule has 1 aromatic carbocycles. The third-order valence-electron chi connectivity index (χ3n) is 4.70. The summed E-state index contributed by atoms with van der Waals surface area (Å²) in [7, 11) is 0. The molecule has 1 fully saturated rings. The number of carbonyl (C=O) groups is 2. The third-order valence-corrected chi connectivity index (χ3v) is 4.70. The molecule has 28 heavy (non-hydrogen) atoms. The number of hydrogen-bond donors (Lipinski definition) is 1. The molecule has 2 heterocycles. The van der Waals surface area contributed by atoms with Crippen LogP contribution >= 0.6 is 0 Å². The molecule has 1 N–H and O–H groups in total. The van der Waals surface area contributed by atoms with Crippen LogP contribution in [0.5, 0.6) is 0 Å². The number of alkyl carbamates (subject to hydrolysis) is 1. The van der Waals surface area contributed by atoms with E-state index in [0.717, 1.165) is 11.4 Å². The highest BCUT2D eigenvalue weighted by Gasteiger charge is 2.35. The lowest BCUT2D eigenvalue weighted by Crippen LogP contribution is -2.59. The molecule has 2 amide bonds. The van der Waals surface area contributed by atoms with Gasteiger partial charge in [0.05, 0.1) is 0 Å². The number of piperazine rings is 1. The third kappa shape index (κ3) is 5.00. The van der Waals surface area contributed by atoms with Crippen LogP contribution in [0.3, 0.4) is 0 Å². The van der Waals surface area contributed by atoms with Crippen LogP contribution < -0.4 is 10.2 Å². The van der Waals surface area contributed by atoms with E-state index in [4.69, 9.17) is 4.74 Å². The minimum absolute atomic E-state index is 0.121. The predicted octanol–water partition coefficient (Wildman–Crippen LogP) is 2.44. The number of amides is 2. The summed E-state index contributed by atoms with van der Waals surface area (Å²) in [5.41, 5.74) is -0.145. The maximum atomic E-state index is 12.9. The quantitative estimate of drug-likeness (QED) is 0.860. The van der Waals surface area contributed by atoms with Crippen LogP contribution in [0.15, 0.2) is 54.7 Å². The standard InChI is InChI=1S/C21H26N4O3/c1-21(2,23-20(27)28-16-17-8-4-3-5-9-17)19(26)25-14-12-24(13-15-25)18-10-6-7-11-22-18/h3-11H,12-16H2,1-2H3,(H,23,27). The van der Waals surface area contributed by atoms with Crippen molar-refractivity contribution in [3.05, 3.63) is 60.3 Å². The highest BCUT2D eigenvalue weighted by atomic mass is 16.5. The molecule has 0 bridgehead atoms. The number of carbonyl (C=O) groups excluding carboxylic acids is 2. The Bertz CT molecular complexity index is 788. The van der Waals surface area contributed by atoms with E-state index in [-0.39, 0.29) is 12.5 Å². The molecule has 1 saturated heterocycles. The molecule has 148 valence electrons. The van der Waals surface area contributed by atoms with Crippen molar-refractivity contribution in [2.45, 2.75) is 26.0 Å². The second-order valence-corrected chi connectivity index (χ2v) is 7.28. The van der Waals surface area contributed by atoms with Crippen LogP contribution in [0.4, 0.5) is 10.6 Å². The van der Waals surface area contributed by atoms with Gasteiger partial charge in [-0.1, -0.05) is 36.4 Å². The zero-order chi connectivity index (χ0) is 20.0. The Morgan fingerprint density at radius 3 is 2.36 bits per heavy atom. The molecule has 0 atom stereocenters. The number of hydrogen-bond acceptors (Lipinski definition) is 5. The Balaban J connectivity index is 1.49. The van der Waals surface area contributed by atoms with Crippen LogP contribution in [0, 0.1) is 0 Å². The van der Waals surface area contributed by atoms with E-state index in [1.165, 1.54) is 0 Å². The van der Waals surface area contributed by atoms with Gasteiger partial charge in [0.15, 0.2) is 0 Å². The first kappa shape index (κ1) is 19.7. The fraction of sp³-hybridized carbons (Fsp3) is 0.381. The van der Waals surface area contributed by atoms with Gasteiger partial charge in [-0.3, -0.25) is 4.79 Å². The first-order chi connectivity index (χ1) is 13.5. The SMILES string of the molecule is CC(C)(NC(=O)OCc1ccccc1)C(=O)N1CCN(c2ccccn2)CC1. The minimum atomic E-state index is -1.04. The smallest absolute Gasteiger partial charge is 0.408 e. The van der Waals surface area contributed by atoms with Crippen molar-refractivity contribution >= 4 is 17.8 Å². The van der Waals surface area contributed by atoms with Crippen molar-refractivity contribution in [1.29, 1.82) is 0 Å². The summed E-state index contributed by atoms with van der Waals surface area (Å²) >= 11 is 0. The van der Waals surface area contributed by atoms with Crippen molar-refractivity contribution in [2.24, 2.45) is 0 Å². The zero-order valence-corrected chi connectivity index (χ0v) is 16.3. The number of aromatic nitrogens is 1. The van der Waals surface area contributed by atoms with Gasteiger partial charge < -0.3 is 19.9 Å². The average molecular weight is 382 g/mol. The van der Waals surface area contributed by atoms with Gasteiger partial charge in [0.2, 0.25) is 5.91 Å².